The number of benzene rings is 2. The summed E-state index contributed by atoms with van der Waals surface area (Å²) >= 11 is 0. The summed E-state index contributed by atoms with van der Waals surface area (Å²) in [4.78, 5) is 16.9. The van der Waals surface area contributed by atoms with Crippen LogP contribution in [0.1, 0.15) is 19.4 Å². The van der Waals surface area contributed by atoms with Crippen LogP contribution in [0.5, 0.6) is 0 Å². The van der Waals surface area contributed by atoms with Crippen LogP contribution >= 0.6 is 0 Å². The van der Waals surface area contributed by atoms with E-state index < -0.39 is 27.8 Å². The monoisotopic (exact) mass is 415 g/mol. The van der Waals surface area contributed by atoms with Gasteiger partial charge in [0.05, 0.1) is 5.52 Å². The molecule has 0 saturated carbocycles. The largest absolute Gasteiger partial charge is 0.325 e. The van der Waals surface area contributed by atoms with Crippen LogP contribution in [0.25, 0.3) is 10.9 Å². The van der Waals surface area contributed by atoms with Crippen LogP contribution in [0.2, 0.25) is 0 Å². The predicted octanol–water partition coefficient (Wildman–Crippen LogP) is 3.62. The van der Waals surface area contributed by atoms with Gasteiger partial charge in [0, 0.05) is 17.3 Å². The lowest BCUT2D eigenvalue weighted by Crippen LogP contribution is -2.47. The Balaban J connectivity index is 1.89. The van der Waals surface area contributed by atoms with Gasteiger partial charge in [-0.1, -0.05) is 38.1 Å². The molecular formula is C21H22FN3O3S. The summed E-state index contributed by atoms with van der Waals surface area (Å²) in [6, 6.07) is 11.6. The zero-order valence-corrected chi connectivity index (χ0v) is 17.1. The molecule has 0 unspecified atom stereocenters. The summed E-state index contributed by atoms with van der Waals surface area (Å²) in [5, 5.41) is 3.26. The van der Waals surface area contributed by atoms with E-state index in [0.29, 0.717) is 16.5 Å². The molecule has 2 aromatic carbocycles. The van der Waals surface area contributed by atoms with E-state index in [1.165, 1.54) is 18.3 Å². The van der Waals surface area contributed by atoms with Crippen molar-refractivity contribution in [3.05, 3.63) is 66.1 Å². The molecule has 0 fully saturated rings. The van der Waals surface area contributed by atoms with Gasteiger partial charge in [-0.3, -0.25) is 9.78 Å². The Labute approximate surface area is 169 Å². The van der Waals surface area contributed by atoms with Crippen molar-refractivity contribution in [3.63, 3.8) is 0 Å². The Kier molecular flexibility index (Phi) is 5.95. The number of sulfonamides is 1. The lowest BCUT2D eigenvalue weighted by atomic mass is 10.0. The fourth-order valence-electron chi connectivity index (χ4n) is 2.91. The summed E-state index contributed by atoms with van der Waals surface area (Å²) in [7, 11) is -4.03. The highest BCUT2D eigenvalue weighted by Gasteiger charge is 2.29. The number of anilines is 1. The number of amides is 1. The fraction of sp³-hybridized carbons (Fsp3) is 0.238. The molecule has 152 valence electrons. The number of nitrogens with one attached hydrogen (secondary N) is 2. The Hall–Kier alpha value is -2.84. The minimum absolute atomic E-state index is 0.00423. The van der Waals surface area contributed by atoms with E-state index in [-0.39, 0.29) is 16.5 Å². The molecule has 2 N–H and O–H groups in total. The van der Waals surface area contributed by atoms with E-state index in [1.54, 1.807) is 57.2 Å². The number of aryl methyl sites for hydroxylation is 1. The van der Waals surface area contributed by atoms with Crippen molar-refractivity contribution in [2.75, 3.05) is 5.32 Å². The molecular weight excluding hydrogens is 393 g/mol. The van der Waals surface area contributed by atoms with E-state index >= 15 is 0 Å². The van der Waals surface area contributed by atoms with Gasteiger partial charge in [0.2, 0.25) is 15.9 Å². The second-order valence-electron chi connectivity index (χ2n) is 7.13. The molecule has 1 amide bonds. The zero-order chi connectivity index (χ0) is 21.2. The van der Waals surface area contributed by atoms with E-state index in [0.717, 1.165) is 0 Å². The molecule has 0 saturated heterocycles. The van der Waals surface area contributed by atoms with Crippen molar-refractivity contribution in [2.24, 2.45) is 5.92 Å². The van der Waals surface area contributed by atoms with E-state index in [2.05, 4.69) is 15.0 Å². The van der Waals surface area contributed by atoms with Crippen LogP contribution in [0.15, 0.2) is 59.6 Å². The molecule has 29 heavy (non-hydrogen) atoms. The van der Waals surface area contributed by atoms with Crippen LogP contribution in [-0.4, -0.2) is 25.4 Å². The minimum atomic E-state index is -4.03. The van der Waals surface area contributed by atoms with Gasteiger partial charge >= 0.3 is 0 Å². The number of rotatable bonds is 6. The number of aromatic nitrogens is 1. The van der Waals surface area contributed by atoms with Crippen molar-refractivity contribution in [3.8, 4) is 0 Å². The van der Waals surface area contributed by atoms with Crippen molar-refractivity contribution in [2.45, 2.75) is 31.7 Å². The molecule has 1 heterocycles. The summed E-state index contributed by atoms with van der Waals surface area (Å²) < 4.78 is 42.3. The number of nitrogens with zero attached hydrogens (tertiary/aromatic N) is 1. The third-order valence-electron chi connectivity index (χ3n) is 4.56. The summed E-state index contributed by atoms with van der Waals surface area (Å²) in [6.07, 6.45) is 1.51. The van der Waals surface area contributed by atoms with Crippen molar-refractivity contribution in [1.29, 1.82) is 0 Å². The molecule has 0 aliphatic rings. The van der Waals surface area contributed by atoms with Gasteiger partial charge in [-0.05, 0) is 42.7 Å². The highest BCUT2D eigenvalue weighted by Crippen LogP contribution is 2.22. The molecule has 6 nitrogen and oxygen atoms in total. The van der Waals surface area contributed by atoms with Gasteiger partial charge in [0.1, 0.15) is 16.8 Å². The smallest absolute Gasteiger partial charge is 0.243 e. The maximum Gasteiger partial charge on any atom is 0.243 e. The molecule has 8 heteroatoms. The number of fused-ring (bicyclic) bond motifs is 1. The summed E-state index contributed by atoms with van der Waals surface area (Å²) in [5.74, 6) is -1.37. The molecule has 0 radical (unpaired) electrons. The Morgan fingerprint density at radius 1 is 1.10 bits per heavy atom. The summed E-state index contributed by atoms with van der Waals surface area (Å²) in [6.45, 7) is 5.07. The molecule has 3 aromatic rings. The third kappa shape index (κ3) is 4.60. The maximum absolute atomic E-state index is 13.8. The Morgan fingerprint density at radius 3 is 2.52 bits per heavy atom. The third-order valence-corrected chi connectivity index (χ3v) is 6.03. The first-order chi connectivity index (χ1) is 13.7. The van der Waals surface area contributed by atoms with Crippen LogP contribution in [-0.2, 0) is 14.8 Å². The summed E-state index contributed by atoms with van der Waals surface area (Å²) in [5.41, 5.74) is 1.04. The van der Waals surface area contributed by atoms with Gasteiger partial charge < -0.3 is 5.32 Å². The molecule has 0 aliphatic carbocycles. The SMILES string of the molecule is Cc1ccc(NC(=O)[C@@H](NS(=O)(=O)c2cccc3cccnc23)C(C)C)cc1F. The molecule has 0 bridgehead atoms. The lowest BCUT2D eigenvalue weighted by molar-refractivity contribution is -0.118. The highest BCUT2D eigenvalue weighted by molar-refractivity contribution is 7.89. The Bertz CT molecular complexity index is 1160. The van der Waals surface area contributed by atoms with Crippen molar-refractivity contribution in [1.82, 2.24) is 9.71 Å². The number of para-hydroxylation sites is 1. The van der Waals surface area contributed by atoms with Gasteiger partial charge in [-0.15, -0.1) is 0 Å². The zero-order valence-electron chi connectivity index (χ0n) is 16.3. The second kappa shape index (κ2) is 8.26. The van der Waals surface area contributed by atoms with Gasteiger partial charge in [-0.25, -0.2) is 12.8 Å². The number of hydrogen-bond donors (Lipinski definition) is 2. The normalized spacial score (nSPS) is 12.9. The first-order valence-electron chi connectivity index (χ1n) is 9.12. The topological polar surface area (TPSA) is 88.2 Å². The number of carbonyl (C=O) groups is 1. The predicted molar refractivity (Wildman–Crippen MR) is 110 cm³/mol. The van der Waals surface area contributed by atoms with E-state index in [4.69, 9.17) is 0 Å². The number of halogens is 1. The van der Waals surface area contributed by atoms with Crippen LogP contribution < -0.4 is 10.0 Å². The van der Waals surface area contributed by atoms with E-state index in [9.17, 15) is 17.6 Å². The fourth-order valence-corrected chi connectivity index (χ4v) is 4.43. The van der Waals surface area contributed by atoms with Crippen LogP contribution in [0.3, 0.4) is 0 Å². The first kappa shape index (κ1) is 20.9. The second-order valence-corrected chi connectivity index (χ2v) is 8.81. The maximum atomic E-state index is 13.8. The standard InChI is InChI=1S/C21H22FN3O3S/c1-13(2)19(21(26)24-16-10-9-14(3)17(22)12-16)25-29(27,28)18-8-4-6-15-7-5-11-23-20(15)18/h4-13,19,25H,1-3H3,(H,24,26)/t19-/m0/s1. The van der Waals surface area contributed by atoms with Gasteiger partial charge in [0.25, 0.3) is 0 Å². The molecule has 1 aromatic heterocycles. The first-order valence-corrected chi connectivity index (χ1v) is 10.6. The molecule has 0 aliphatic heterocycles. The van der Waals surface area contributed by atoms with Crippen LogP contribution in [0.4, 0.5) is 10.1 Å². The molecule has 0 spiro atoms. The average Bonchev–Trinajstić information content (AvgIpc) is 2.68. The number of hydrogen-bond acceptors (Lipinski definition) is 4. The van der Waals surface area contributed by atoms with Gasteiger partial charge in [-0.2, -0.15) is 4.72 Å². The Morgan fingerprint density at radius 2 is 1.83 bits per heavy atom. The number of pyridine rings is 1. The van der Waals surface area contributed by atoms with Crippen LogP contribution in [0, 0.1) is 18.7 Å². The molecule has 3 rings (SSSR count). The quantitative estimate of drug-likeness (QED) is 0.644. The van der Waals surface area contributed by atoms with Gasteiger partial charge in [0.15, 0.2) is 0 Å². The van der Waals surface area contributed by atoms with E-state index in [1.807, 2.05) is 0 Å². The average molecular weight is 415 g/mol. The lowest BCUT2D eigenvalue weighted by Gasteiger charge is -2.22. The number of carbonyl (C=O) groups excluding carboxylic acids is 1. The molecule has 1 atom stereocenters. The van der Waals surface area contributed by atoms with Crippen molar-refractivity contribution < 1.29 is 17.6 Å². The minimum Gasteiger partial charge on any atom is -0.325 e. The van der Waals surface area contributed by atoms with Crippen molar-refractivity contribution >= 4 is 32.5 Å². The highest BCUT2D eigenvalue weighted by atomic mass is 32.2.